The van der Waals surface area contributed by atoms with Crippen LogP contribution < -0.4 is 21.7 Å². The van der Waals surface area contributed by atoms with Crippen LogP contribution in [0.4, 0.5) is 0 Å². The topological polar surface area (TPSA) is 17.0 Å². The molecule has 4 aromatic rings. The van der Waals surface area contributed by atoms with E-state index in [1.54, 1.807) is 11.8 Å². The van der Waals surface area contributed by atoms with E-state index in [0.717, 1.165) is 31.6 Å². The first-order valence-electron chi connectivity index (χ1n) is 8.89. The van der Waals surface area contributed by atoms with Gasteiger partial charge >= 0.3 is 0 Å². The SMILES string of the molecule is Clc1ccc(-c2cc(SCc3ccccc3Br)[n+](Cc3ccccc3)o2)cc1.[Br-]. The molecule has 0 amide bonds. The van der Waals surface area contributed by atoms with Crippen LogP contribution in [0, 0.1) is 0 Å². The Balaban J connectivity index is 0.00000240. The summed E-state index contributed by atoms with van der Waals surface area (Å²) >= 11 is 11.4. The lowest BCUT2D eigenvalue weighted by molar-refractivity contribution is -0.884. The summed E-state index contributed by atoms with van der Waals surface area (Å²) in [6.45, 7) is 0.687. The highest BCUT2D eigenvalue weighted by atomic mass is 79.9. The summed E-state index contributed by atoms with van der Waals surface area (Å²) in [5.74, 6) is 1.69. The Morgan fingerprint density at radius 3 is 2.31 bits per heavy atom. The number of hydrogen-bond donors (Lipinski definition) is 0. The van der Waals surface area contributed by atoms with Crippen LogP contribution in [-0.4, -0.2) is 0 Å². The van der Waals surface area contributed by atoms with Gasteiger partial charge < -0.3 is 17.0 Å². The number of hydrogen-bond acceptors (Lipinski definition) is 2. The maximum absolute atomic E-state index is 6.20. The van der Waals surface area contributed by atoms with E-state index in [-0.39, 0.29) is 17.0 Å². The van der Waals surface area contributed by atoms with E-state index in [1.807, 2.05) is 53.3 Å². The predicted octanol–water partition coefficient (Wildman–Crippen LogP) is 3.99. The molecule has 2 nitrogen and oxygen atoms in total. The smallest absolute Gasteiger partial charge is 0.290 e. The zero-order valence-electron chi connectivity index (χ0n) is 15.4. The number of thioether (sulfide) groups is 1. The molecule has 0 aliphatic carbocycles. The van der Waals surface area contributed by atoms with Crippen molar-refractivity contribution in [2.75, 3.05) is 0 Å². The van der Waals surface area contributed by atoms with E-state index in [2.05, 4.69) is 52.3 Å². The molecular formula is C23H18Br2ClNOS. The van der Waals surface area contributed by atoms with Crippen molar-refractivity contribution in [3.05, 3.63) is 106 Å². The van der Waals surface area contributed by atoms with Gasteiger partial charge in [-0.15, -0.1) is 0 Å². The van der Waals surface area contributed by atoms with Gasteiger partial charge in [-0.05, 0) is 52.4 Å². The molecule has 0 aliphatic heterocycles. The minimum Gasteiger partial charge on any atom is -1.00 e. The Bertz CT molecular complexity index is 1070. The van der Waals surface area contributed by atoms with Gasteiger partial charge in [-0.25, -0.2) is 4.52 Å². The van der Waals surface area contributed by atoms with Gasteiger partial charge in [0.05, 0.1) is 6.07 Å². The van der Waals surface area contributed by atoms with Gasteiger partial charge in [-0.3, -0.25) is 0 Å². The molecule has 1 aromatic heterocycles. The first kappa shape index (κ1) is 22.2. The summed E-state index contributed by atoms with van der Waals surface area (Å²) in [5, 5.41) is 1.81. The van der Waals surface area contributed by atoms with Crippen molar-refractivity contribution in [1.29, 1.82) is 0 Å². The Labute approximate surface area is 198 Å². The molecule has 0 fully saturated rings. The van der Waals surface area contributed by atoms with Crippen LogP contribution in [0.2, 0.25) is 5.02 Å². The summed E-state index contributed by atoms with van der Waals surface area (Å²) in [4.78, 5) is 0. The van der Waals surface area contributed by atoms with Crippen LogP contribution in [0.5, 0.6) is 0 Å². The van der Waals surface area contributed by atoms with E-state index in [1.165, 1.54) is 11.1 Å². The van der Waals surface area contributed by atoms with Gasteiger partial charge in [-0.1, -0.05) is 76.1 Å². The van der Waals surface area contributed by atoms with Crippen LogP contribution in [0.3, 0.4) is 0 Å². The summed E-state index contributed by atoms with van der Waals surface area (Å²) in [6.07, 6.45) is 0. The fraction of sp³-hybridized carbons (Fsp3) is 0.0870. The number of aromatic nitrogens is 1. The second-order valence-corrected chi connectivity index (χ2v) is 8.63. The lowest BCUT2D eigenvalue weighted by Gasteiger charge is -2.01. The van der Waals surface area contributed by atoms with E-state index < -0.39 is 0 Å². The highest BCUT2D eigenvalue weighted by Gasteiger charge is 2.22. The summed E-state index contributed by atoms with van der Waals surface area (Å²) in [5.41, 5.74) is 3.47. The third-order valence-corrected chi connectivity index (χ3v) is 6.44. The minimum absolute atomic E-state index is 0. The van der Waals surface area contributed by atoms with Crippen molar-refractivity contribution in [3.8, 4) is 11.3 Å². The average Bonchev–Trinajstić information content (AvgIpc) is 3.11. The maximum atomic E-state index is 6.20. The second kappa shape index (κ2) is 10.5. The Hall–Kier alpha value is -1.53. The summed E-state index contributed by atoms with van der Waals surface area (Å²) in [7, 11) is 0. The number of rotatable bonds is 6. The lowest BCUT2D eigenvalue weighted by Crippen LogP contribution is -3.00. The monoisotopic (exact) mass is 549 g/mol. The molecule has 4 rings (SSSR count). The standard InChI is InChI=1S/C23H18BrClNOS.BrH/c24-21-9-5-4-8-19(21)16-28-23-14-22(18-10-12-20(25)13-11-18)27-26(23)15-17-6-2-1-3-7-17;/h1-14H,15-16H2;1H/q+1;/p-1. The second-order valence-electron chi connectivity index (χ2n) is 6.35. The van der Waals surface area contributed by atoms with Crippen LogP contribution >= 0.6 is 39.3 Å². The fourth-order valence-electron chi connectivity index (χ4n) is 2.86. The number of benzene rings is 3. The molecule has 0 radical (unpaired) electrons. The molecule has 1 heterocycles. The largest absolute Gasteiger partial charge is 1.00 e. The van der Waals surface area contributed by atoms with Crippen molar-refractivity contribution < 1.29 is 26.2 Å². The molecular weight excluding hydrogens is 534 g/mol. The highest BCUT2D eigenvalue weighted by molar-refractivity contribution is 9.10. The molecule has 3 aromatic carbocycles. The maximum Gasteiger partial charge on any atom is 0.290 e. The van der Waals surface area contributed by atoms with Crippen LogP contribution in [0.1, 0.15) is 11.1 Å². The van der Waals surface area contributed by atoms with Gasteiger partial charge in [0.15, 0.2) is 0 Å². The number of halogens is 3. The van der Waals surface area contributed by atoms with Crippen molar-refractivity contribution in [2.45, 2.75) is 17.3 Å². The summed E-state index contributed by atoms with van der Waals surface area (Å²) in [6, 6.07) is 28.5. The van der Waals surface area contributed by atoms with E-state index in [4.69, 9.17) is 16.1 Å². The minimum atomic E-state index is 0. The molecule has 0 atom stereocenters. The van der Waals surface area contributed by atoms with Gasteiger partial charge in [0, 0.05) is 26.4 Å². The molecule has 0 saturated carbocycles. The van der Waals surface area contributed by atoms with Crippen molar-refractivity contribution in [3.63, 3.8) is 0 Å². The Morgan fingerprint density at radius 2 is 1.59 bits per heavy atom. The first-order valence-corrected chi connectivity index (χ1v) is 11.0. The van der Waals surface area contributed by atoms with Crippen molar-refractivity contribution in [1.82, 2.24) is 0 Å². The zero-order valence-corrected chi connectivity index (χ0v) is 20.1. The third kappa shape index (κ3) is 5.76. The van der Waals surface area contributed by atoms with E-state index >= 15 is 0 Å². The highest BCUT2D eigenvalue weighted by Crippen LogP contribution is 2.29. The molecule has 148 valence electrons. The van der Waals surface area contributed by atoms with Gasteiger partial charge in [0.2, 0.25) is 12.3 Å². The molecule has 0 bridgehead atoms. The zero-order chi connectivity index (χ0) is 19.3. The van der Waals surface area contributed by atoms with Gasteiger partial charge in [0.1, 0.15) is 0 Å². The van der Waals surface area contributed by atoms with Gasteiger partial charge in [0.25, 0.3) is 5.03 Å². The average molecular weight is 552 g/mol. The quantitative estimate of drug-likeness (QED) is 0.266. The molecule has 6 heteroatoms. The third-order valence-electron chi connectivity index (χ3n) is 4.34. The van der Waals surface area contributed by atoms with Crippen molar-refractivity contribution in [2.24, 2.45) is 0 Å². The first-order chi connectivity index (χ1) is 13.7. The van der Waals surface area contributed by atoms with E-state index in [0.29, 0.717) is 6.54 Å². The Morgan fingerprint density at radius 1 is 0.897 bits per heavy atom. The summed E-state index contributed by atoms with van der Waals surface area (Å²) < 4.78 is 9.29. The molecule has 0 saturated heterocycles. The fourth-order valence-corrected chi connectivity index (χ4v) is 4.59. The van der Waals surface area contributed by atoms with Crippen molar-refractivity contribution >= 4 is 39.3 Å². The van der Waals surface area contributed by atoms with E-state index in [9.17, 15) is 0 Å². The normalized spacial score (nSPS) is 10.6. The van der Waals surface area contributed by atoms with Crippen LogP contribution in [-0.2, 0) is 12.3 Å². The Kier molecular flexibility index (Phi) is 8.01. The molecule has 29 heavy (non-hydrogen) atoms. The molecule has 0 aliphatic rings. The van der Waals surface area contributed by atoms with Gasteiger partial charge in [-0.2, -0.15) is 0 Å². The molecule has 0 N–H and O–H groups in total. The van der Waals surface area contributed by atoms with Crippen LogP contribution in [0.25, 0.3) is 11.3 Å². The number of nitrogens with zero attached hydrogens (tertiary/aromatic N) is 1. The molecule has 0 unspecified atom stereocenters. The predicted molar refractivity (Wildman–Crippen MR) is 119 cm³/mol. The molecule has 0 spiro atoms. The lowest BCUT2D eigenvalue weighted by atomic mass is 10.2. The van der Waals surface area contributed by atoms with Crippen LogP contribution in [0.15, 0.2) is 99.0 Å².